The molecule has 0 unspecified atom stereocenters. The number of hydrogen-bond acceptors (Lipinski definition) is 4. The van der Waals surface area contributed by atoms with Gasteiger partial charge in [0.2, 0.25) is 0 Å². The molecule has 1 heterocycles. The number of carbonyl (C=O) groups is 1. The maximum atomic E-state index is 11.8. The lowest BCUT2D eigenvalue weighted by molar-refractivity contribution is -0.138. The zero-order valence-corrected chi connectivity index (χ0v) is 15.6. The third-order valence-corrected chi connectivity index (χ3v) is 4.26. The predicted octanol–water partition coefficient (Wildman–Crippen LogP) is 5.04. The summed E-state index contributed by atoms with van der Waals surface area (Å²) in [5.74, 6) is -0.583. The van der Waals surface area contributed by atoms with Crippen LogP contribution in [-0.4, -0.2) is 12.6 Å². The van der Waals surface area contributed by atoms with E-state index in [1.54, 1.807) is 19.1 Å². The van der Waals surface area contributed by atoms with Gasteiger partial charge in [0.25, 0.3) is 0 Å². The van der Waals surface area contributed by atoms with E-state index in [1.165, 1.54) is 31.2 Å². The average molecular weight is 350 g/mol. The first-order chi connectivity index (χ1) is 12.7. The van der Waals surface area contributed by atoms with Gasteiger partial charge in [0, 0.05) is 23.7 Å². The number of anilines is 1. The molecule has 26 heavy (non-hydrogen) atoms. The highest BCUT2D eigenvalue weighted by atomic mass is 16.5. The normalized spacial score (nSPS) is 12.8. The van der Waals surface area contributed by atoms with E-state index >= 15 is 0 Å². The Morgan fingerprint density at radius 2 is 1.77 bits per heavy atom. The number of nitrogens with zero attached hydrogens (tertiary/aromatic N) is 2. The van der Waals surface area contributed by atoms with Gasteiger partial charge in [-0.3, -0.25) is 0 Å². The van der Waals surface area contributed by atoms with E-state index in [0.717, 1.165) is 12.1 Å². The van der Waals surface area contributed by atoms with Crippen molar-refractivity contribution in [1.29, 1.82) is 5.26 Å². The second-order valence-corrected chi connectivity index (χ2v) is 6.18. The molecule has 0 aromatic heterocycles. The van der Waals surface area contributed by atoms with Crippen LogP contribution in [0.5, 0.6) is 0 Å². The summed E-state index contributed by atoms with van der Waals surface area (Å²) in [5, 5.41) is 9.20. The summed E-state index contributed by atoms with van der Waals surface area (Å²) in [6.45, 7) is 4.20. The summed E-state index contributed by atoms with van der Waals surface area (Å²) >= 11 is 0. The quantitative estimate of drug-likeness (QED) is 0.285. The molecule has 0 bridgehead atoms. The minimum absolute atomic E-state index is 0.0291. The van der Waals surface area contributed by atoms with Crippen LogP contribution in [0.15, 0.2) is 60.0 Å². The van der Waals surface area contributed by atoms with Gasteiger partial charge in [0.05, 0.1) is 6.61 Å². The average Bonchev–Trinajstić information content (AvgIpc) is 2.67. The largest absolute Gasteiger partial charge is 0.462 e. The molecule has 0 N–H and O–H groups in total. The molecule has 2 rings (SSSR count). The number of unbranched alkanes of at least 4 members (excludes halogenated alkanes) is 3. The molecule has 0 atom stereocenters. The number of aryl methyl sites for hydroxylation is 1. The fourth-order valence-corrected chi connectivity index (χ4v) is 2.79. The number of benzene rings is 1. The Morgan fingerprint density at radius 3 is 2.35 bits per heavy atom. The standard InChI is InChI=1S/C22H26N2O2/c1-3-5-6-7-8-18-9-11-20(12-10-18)24-15-13-19(14-16-24)21(17-23)22(25)26-4-2/h9-16H,3-8H2,1-2H3. The molecule has 0 fully saturated rings. The Labute approximate surface area is 156 Å². The zero-order valence-electron chi connectivity index (χ0n) is 15.6. The number of allylic oxidation sites excluding steroid dienone is 3. The Morgan fingerprint density at radius 1 is 1.08 bits per heavy atom. The highest BCUT2D eigenvalue weighted by molar-refractivity contribution is 5.95. The third kappa shape index (κ3) is 5.35. The topological polar surface area (TPSA) is 53.3 Å². The summed E-state index contributed by atoms with van der Waals surface area (Å²) in [5.41, 5.74) is 2.99. The van der Waals surface area contributed by atoms with Gasteiger partial charge in [-0.1, -0.05) is 38.3 Å². The maximum Gasteiger partial charge on any atom is 0.349 e. The maximum absolute atomic E-state index is 11.8. The molecule has 0 aliphatic carbocycles. The summed E-state index contributed by atoms with van der Waals surface area (Å²) in [7, 11) is 0. The number of ether oxygens (including phenoxy) is 1. The van der Waals surface area contributed by atoms with Crippen molar-refractivity contribution in [1.82, 2.24) is 0 Å². The molecular formula is C22H26N2O2. The number of esters is 1. The van der Waals surface area contributed by atoms with Crippen LogP contribution >= 0.6 is 0 Å². The summed E-state index contributed by atoms with van der Waals surface area (Å²) in [6.07, 6.45) is 13.4. The van der Waals surface area contributed by atoms with Crippen LogP contribution < -0.4 is 4.90 Å². The van der Waals surface area contributed by atoms with E-state index in [0.29, 0.717) is 5.57 Å². The van der Waals surface area contributed by atoms with Crippen LogP contribution in [0.1, 0.15) is 45.1 Å². The summed E-state index contributed by atoms with van der Waals surface area (Å²) < 4.78 is 4.92. The first kappa shape index (κ1) is 19.5. The van der Waals surface area contributed by atoms with Crippen molar-refractivity contribution < 1.29 is 9.53 Å². The molecule has 1 aliphatic heterocycles. The van der Waals surface area contributed by atoms with Gasteiger partial charge in [-0.25, -0.2) is 4.79 Å². The van der Waals surface area contributed by atoms with Gasteiger partial charge in [-0.2, -0.15) is 5.26 Å². The zero-order chi connectivity index (χ0) is 18.8. The van der Waals surface area contributed by atoms with Gasteiger partial charge in [-0.05, 0) is 49.6 Å². The van der Waals surface area contributed by atoms with Crippen LogP contribution in [0.4, 0.5) is 5.69 Å². The van der Waals surface area contributed by atoms with Crippen molar-refractivity contribution >= 4 is 11.7 Å². The molecule has 136 valence electrons. The van der Waals surface area contributed by atoms with Gasteiger partial charge in [-0.15, -0.1) is 0 Å². The highest BCUT2D eigenvalue weighted by Gasteiger charge is 2.15. The fraction of sp³-hybridized carbons (Fsp3) is 0.364. The smallest absolute Gasteiger partial charge is 0.349 e. The minimum Gasteiger partial charge on any atom is -0.462 e. The molecule has 0 saturated carbocycles. The SMILES string of the molecule is CCCCCCc1ccc(N2C=CC(=C(C#N)C(=O)OCC)C=C2)cc1. The molecule has 0 saturated heterocycles. The number of rotatable bonds is 8. The van der Waals surface area contributed by atoms with Crippen molar-refractivity contribution in [2.45, 2.75) is 46.0 Å². The van der Waals surface area contributed by atoms with Gasteiger partial charge >= 0.3 is 5.97 Å². The lowest BCUT2D eigenvalue weighted by Crippen LogP contribution is -2.13. The second-order valence-electron chi connectivity index (χ2n) is 6.18. The second kappa shape index (κ2) is 10.2. The first-order valence-corrected chi connectivity index (χ1v) is 9.24. The molecular weight excluding hydrogens is 324 g/mol. The van der Waals surface area contributed by atoms with E-state index in [2.05, 4.69) is 31.2 Å². The summed E-state index contributed by atoms with van der Waals surface area (Å²) in [4.78, 5) is 13.8. The summed E-state index contributed by atoms with van der Waals surface area (Å²) in [6, 6.07) is 10.4. The van der Waals surface area contributed by atoms with Crippen LogP contribution in [0.3, 0.4) is 0 Å². The Balaban J connectivity index is 2.01. The van der Waals surface area contributed by atoms with Crippen LogP contribution in [0.2, 0.25) is 0 Å². The first-order valence-electron chi connectivity index (χ1n) is 9.24. The predicted molar refractivity (Wildman–Crippen MR) is 104 cm³/mol. The fourth-order valence-electron chi connectivity index (χ4n) is 2.79. The molecule has 1 aliphatic rings. The molecule has 0 radical (unpaired) electrons. The molecule has 1 aromatic rings. The number of nitriles is 1. The lowest BCUT2D eigenvalue weighted by Gasteiger charge is -2.19. The molecule has 4 nitrogen and oxygen atoms in total. The van der Waals surface area contributed by atoms with Crippen molar-refractivity contribution in [3.05, 3.63) is 65.5 Å². The molecule has 0 spiro atoms. The van der Waals surface area contributed by atoms with Gasteiger partial charge in [0.1, 0.15) is 11.6 Å². The van der Waals surface area contributed by atoms with Crippen molar-refractivity contribution in [3.63, 3.8) is 0 Å². The van der Waals surface area contributed by atoms with E-state index in [-0.39, 0.29) is 12.2 Å². The lowest BCUT2D eigenvalue weighted by atomic mass is 10.1. The monoisotopic (exact) mass is 350 g/mol. The Kier molecular flexibility index (Phi) is 7.70. The number of carbonyl (C=O) groups excluding carboxylic acids is 1. The van der Waals surface area contributed by atoms with Gasteiger partial charge < -0.3 is 9.64 Å². The molecule has 4 heteroatoms. The van der Waals surface area contributed by atoms with E-state index in [4.69, 9.17) is 4.74 Å². The molecule has 1 aromatic carbocycles. The van der Waals surface area contributed by atoms with E-state index < -0.39 is 5.97 Å². The van der Waals surface area contributed by atoms with E-state index in [1.807, 2.05) is 23.4 Å². The van der Waals surface area contributed by atoms with Crippen molar-refractivity contribution in [2.75, 3.05) is 11.5 Å². The molecule has 0 amide bonds. The van der Waals surface area contributed by atoms with Crippen LogP contribution in [0.25, 0.3) is 0 Å². The minimum atomic E-state index is -0.583. The Bertz CT molecular complexity index is 720. The van der Waals surface area contributed by atoms with Crippen LogP contribution in [0, 0.1) is 11.3 Å². The van der Waals surface area contributed by atoms with E-state index in [9.17, 15) is 10.1 Å². The highest BCUT2D eigenvalue weighted by Crippen LogP contribution is 2.22. The van der Waals surface area contributed by atoms with Crippen molar-refractivity contribution in [2.24, 2.45) is 0 Å². The van der Waals surface area contributed by atoms with Crippen LogP contribution in [-0.2, 0) is 16.0 Å². The third-order valence-electron chi connectivity index (χ3n) is 4.26. The Hall–Kier alpha value is -2.80. The van der Waals surface area contributed by atoms with Gasteiger partial charge in [0.15, 0.2) is 0 Å². The number of hydrogen-bond donors (Lipinski definition) is 0. The van der Waals surface area contributed by atoms with Crippen molar-refractivity contribution in [3.8, 4) is 6.07 Å².